The second-order valence-corrected chi connectivity index (χ2v) is 6.51. The quantitative estimate of drug-likeness (QED) is 0.755. The van der Waals surface area contributed by atoms with Crippen molar-refractivity contribution in [1.29, 1.82) is 0 Å². The summed E-state index contributed by atoms with van der Waals surface area (Å²) in [5.41, 5.74) is 8.20. The van der Waals surface area contributed by atoms with Crippen molar-refractivity contribution in [1.82, 2.24) is 24.7 Å². The molecule has 0 saturated carbocycles. The predicted octanol–water partition coefficient (Wildman–Crippen LogP) is 1.29. The maximum atomic E-state index is 5.83. The molecule has 1 aliphatic rings. The Bertz CT molecular complexity index is 907. The molecule has 0 amide bonds. The molecule has 2 N–H and O–H groups in total. The smallest absolute Gasteiger partial charge is 0.182 e. The summed E-state index contributed by atoms with van der Waals surface area (Å²) in [6, 6.07) is 5.75. The van der Waals surface area contributed by atoms with Crippen LogP contribution in [0.1, 0.15) is 12.1 Å². The molecule has 0 bridgehead atoms. The van der Waals surface area contributed by atoms with Crippen molar-refractivity contribution < 1.29 is 4.74 Å². The van der Waals surface area contributed by atoms with Crippen molar-refractivity contribution >= 4 is 16.9 Å². The van der Waals surface area contributed by atoms with Gasteiger partial charge in [0, 0.05) is 26.3 Å². The summed E-state index contributed by atoms with van der Waals surface area (Å²) < 4.78 is 7.64. The third kappa shape index (κ3) is 3.02. The number of aryl methyl sites for hydroxylation is 2. The van der Waals surface area contributed by atoms with Crippen molar-refractivity contribution in [2.75, 3.05) is 31.1 Å². The number of ether oxygens (including phenoxy) is 1. The summed E-state index contributed by atoms with van der Waals surface area (Å²) in [7, 11) is 1.91. The van der Waals surface area contributed by atoms with Crippen LogP contribution in [-0.2, 0) is 11.8 Å². The Balaban J connectivity index is 1.84. The van der Waals surface area contributed by atoms with Crippen LogP contribution in [0.4, 0.5) is 5.82 Å². The normalized spacial score (nSPS) is 17.8. The molecule has 26 heavy (non-hydrogen) atoms. The van der Waals surface area contributed by atoms with Gasteiger partial charge in [0.1, 0.15) is 11.5 Å². The lowest BCUT2D eigenvalue weighted by Gasteiger charge is -2.34. The molecule has 0 aliphatic carbocycles. The fourth-order valence-electron chi connectivity index (χ4n) is 3.43. The maximum absolute atomic E-state index is 5.83. The molecule has 8 heteroatoms. The molecule has 3 aromatic heterocycles. The monoisotopic (exact) mass is 353 g/mol. The fourth-order valence-corrected chi connectivity index (χ4v) is 3.43. The van der Waals surface area contributed by atoms with E-state index in [1.54, 1.807) is 10.9 Å². The molecule has 0 aromatic carbocycles. The first-order valence-electron chi connectivity index (χ1n) is 8.86. The average molecular weight is 353 g/mol. The van der Waals surface area contributed by atoms with Gasteiger partial charge in [0.05, 0.1) is 23.8 Å². The van der Waals surface area contributed by atoms with Gasteiger partial charge >= 0.3 is 0 Å². The Kier molecular flexibility index (Phi) is 4.52. The minimum Gasteiger partial charge on any atom is -0.374 e. The second-order valence-electron chi connectivity index (χ2n) is 6.51. The number of nitrogens with zero attached hydrogens (tertiary/aromatic N) is 6. The van der Waals surface area contributed by atoms with Crippen molar-refractivity contribution in [3.63, 3.8) is 0 Å². The predicted molar refractivity (Wildman–Crippen MR) is 99.9 cm³/mol. The van der Waals surface area contributed by atoms with Gasteiger partial charge in [-0.2, -0.15) is 5.10 Å². The van der Waals surface area contributed by atoms with Crippen LogP contribution in [0.3, 0.4) is 0 Å². The zero-order valence-corrected chi connectivity index (χ0v) is 15.1. The van der Waals surface area contributed by atoms with Crippen molar-refractivity contribution in [3.05, 3.63) is 30.1 Å². The minimum atomic E-state index is 0.119. The van der Waals surface area contributed by atoms with E-state index in [1.807, 2.05) is 32.2 Å². The van der Waals surface area contributed by atoms with E-state index < -0.39 is 0 Å². The molecular formula is C18H23N7O. The zero-order valence-electron chi connectivity index (χ0n) is 15.1. The molecule has 1 aliphatic heterocycles. The van der Waals surface area contributed by atoms with E-state index >= 15 is 0 Å². The number of rotatable bonds is 4. The second kappa shape index (κ2) is 6.97. The van der Waals surface area contributed by atoms with Gasteiger partial charge in [-0.05, 0) is 32.0 Å². The van der Waals surface area contributed by atoms with Gasteiger partial charge in [-0.3, -0.25) is 9.67 Å². The summed E-state index contributed by atoms with van der Waals surface area (Å²) in [4.78, 5) is 16.3. The van der Waals surface area contributed by atoms with E-state index in [0.29, 0.717) is 19.0 Å². The Hall–Kier alpha value is -2.58. The molecule has 0 unspecified atom stereocenters. The van der Waals surface area contributed by atoms with Crippen molar-refractivity contribution in [2.45, 2.75) is 19.4 Å². The molecule has 0 radical (unpaired) electrons. The lowest BCUT2D eigenvalue weighted by molar-refractivity contribution is 0.0367. The average Bonchev–Trinajstić information content (AvgIpc) is 2.96. The van der Waals surface area contributed by atoms with E-state index in [1.165, 1.54) is 0 Å². The summed E-state index contributed by atoms with van der Waals surface area (Å²) >= 11 is 0. The van der Waals surface area contributed by atoms with Gasteiger partial charge in [-0.15, -0.1) is 0 Å². The van der Waals surface area contributed by atoms with Gasteiger partial charge in [-0.25, -0.2) is 9.97 Å². The van der Waals surface area contributed by atoms with Crippen LogP contribution in [0, 0.1) is 6.92 Å². The molecule has 1 fully saturated rings. The first-order valence-corrected chi connectivity index (χ1v) is 8.86. The SMILES string of the molecule is Cc1nn(C)c2nc(-c3ccccn3)nc(N3CCO[C@H](CCN)C3)c12. The van der Waals surface area contributed by atoms with E-state index in [4.69, 9.17) is 20.4 Å². The van der Waals surface area contributed by atoms with Gasteiger partial charge in [0.2, 0.25) is 0 Å². The van der Waals surface area contributed by atoms with Gasteiger partial charge in [0.25, 0.3) is 0 Å². The minimum absolute atomic E-state index is 0.119. The molecule has 136 valence electrons. The summed E-state index contributed by atoms with van der Waals surface area (Å²) in [6.45, 7) is 4.81. The highest BCUT2D eigenvalue weighted by atomic mass is 16.5. The van der Waals surface area contributed by atoms with Crippen molar-refractivity contribution in [3.8, 4) is 11.5 Å². The third-order valence-corrected chi connectivity index (χ3v) is 4.66. The Labute approximate surface area is 152 Å². The summed E-state index contributed by atoms with van der Waals surface area (Å²) in [5.74, 6) is 1.50. The number of anilines is 1. The van der Waals surface area contributed by atoms with Crippen LogP contribution in [0.15, 0.2) is 24.4 Å². The molecule has 3 aromatic rings. The van der Waals surface area contributed by atoms with Crippen LogP contribution >= 0.6 is 0 Å². The van der Waals surface area contributed by atoms with E-state index in [9.17, 15) is 0 Å². The lowest BCUT2D eigenvalue weighted by atomic mass is 10.2. The highest BCUT2D eigenvalue weighted by Crippen LogP contribution is 2.30. The molecule has 8 nitrogen and oxygen atoms in total. The maximum Gasteiger partial charge on any atom is 0.182 e. The van der Waals surface area contributed by atoms with Crippen LogP contribution in [-0.4, -0.2) is 57.1 Å². The Morgan fingerprint density at radius 3 is 2.96 bits per heavy atom. The van der Waals surface area contributed by atoms with E-state index in [0.717, 1.165) is 47.7 Å². The van der Waals surface area contributed by atoms with Gasteiger partial charge < -0.3 is 15.4 Å². The Morgan fingerprint density at radius 2 is 2.19 bits per heavy atom. The van der Waals surface area contributed by atoms with Gasteiger partial charge in [-0.1, -0.05) is 6.07 Å². The highest BCUT2D eigenvalue weighted by molar-refractivity contribution is 5.91. The lowest BCUT2D eigenvalue weighted by Crippen LogP contribution is -2.43. The van der Waals surface area contributed by atoms with Gasteiger partial charge in [0.15, 0.2) is 11.5 Å². The zero-order chi connectivity index (χ0) is 18.1. The number of hydrogen-bond donors (Lipinski definition) is 1. The molecule has 1 atom stereocenters. The van der Waals surface area contributed by atoms with Crippen molar-refractivity contribution in [2.24, 2.45) is 12.8 Å². The molecule has 4 heterocycles. The topological polar surface area (TPSA) is 95.0 Å². The number of morpholine rings is 1. The molecule has 0 spiro atoms. The summed E-state index contributed by atoms with van der Waals surface area (Å²) in [5, 5.41) is 5.54. The van der Waals surface area contributed by atoms with Crippen LogP contribution < -0.4 is 10.6 Å². The first kappa shape index (κ1) is 16.9. The highest BCUT2D eigenvalue weighted by Gasteiger charge is 2.26. The number of pyridine rings is 1. The molecule has 1 saturated heterocycles. The summed E-state index contributed by atoms with van der Waals surface area (Å²) in [6.07, 6.45) is 2.71. The van der Waals surface area contributed by atoms with E-state index in [-0.39, 0.29) is 6.10 Å². The molecular weight excluding hydrogens is 330 g/mol. The molecule has 4 rings (SSSR count). The number of nitrogens with two attached hydrogens (primary N) is 1. The number of fused-ring (bicyclic) bond motifs is 1. The number of aromatic nitrogens is 5. The largest absolute Gasteiger partial charge is 0.374 e. The fraction of sp³-hybridized carbons (Fsp3) is 0.444. The Morgan fingerprint density at radius 1 is 1.31 bits per heavy atom. The standard InChI is InChI=1S/C18H23N7O/c1-12-15-17(24(2)23-12)21-16(14-5-3-4-8-20-14)22-18(15)25-9-10-26-13(11-25)6-7-19/h3-5,8,13H,6-7,9-11,19H2,1-2H3/t13-/m1/s1. The van der Waals surface area contributed by atoms with Crippen LogP contribution in [0.25, 0.3) is 22.6 Å². The van der Waals surface area contributed by atoms with E-state index in [2.05, 4.69) is 15.0 Å². The first-order chi connectivity index (χ1) is 12.7. The van der Waals surface area contributed by atoms with Crippen LogP contribution in [0.5, 0.6) is 0 Å². The third-order valence-electron chi connectivity index (χ3n) is 4.66. The number of hydrogen-bond acceptors (Lipinski definition) is 7. The van der Waals surface area contributed by atoms with Crippen LogP contribution in [0.2, 0.25) is 0 Å².